The van der Waals surface area contributed by atoms with Crippen LogP contribution in [-0.2, 0) is 0 Å². The molecule has 1 amide bonds. The Hall–Kier alpha value is -3.01. The number of aliphatic hydroxyl groups is 1. The van der Waals surface area contributed by atoms with Gasteiger partial charge in [-0.1, -0.05) is 30.9 Å². The van der Waals surface area contributed by atoms with Gasteiger partial charge in [-0.05, 0) is 61.7 Å². The standard InChI is InChI=1S/C28H32N2O4/c1-2-3-4-7-20-8-10-21(11-9-20)27-23-17-29(14-5-6-15-30(23)24(27)18-31)28(32)22-12-13-25-26(16-22)34-19-33-25/h8-13,16,23-24,27,31H,2-3,5-6,14-15,17-19H2,1H3/t23-,24-,27-/m1/s1. The summed E-state index contributed by atoms with van der Waals surface area (Å²) in [5.74, 6) is 7.94. The van der Waals surface area contributed by atoms with E-state index in [1.54, 1.807) is 6.07 Å². The molecule has 0 unspecified atom stereocenters. The van der Waals surface area contributed by atoms with Crippen LogP contribution < -0.4 is 9.47 Å². The zero-order valence-electron chi connectivity index (χ0n) is 19.7. The largest absolute Gasteiger partial charge is 0.454 e. The molecule has 0 radical (unpaired) electrons. The van der Waals surface area contributed by atoms with Crippen LogP contribution in [0.25, 0.3) is 0 Å². The van der Waals surface area contributed by atoms with E-state index in [4.69, 9.17) is 9.47 Å². The molecular formula is C28H32N2O4. The van der Waals surface area contributed by atoms with Crippen LogP contribution in [0.5, 0.6) is 11.5 Å². The quantitative estimate of drug-likeness (QED) is 0.706. The highest BCUT2D eigenvalue weighted by molar-refractivity contribution is 5.95. The van der Waals surface area contributed by atoms with Crippen LogP contribution in [0.15, 0.2) is 42.5 Å². The molecule has 0 spiro atoms. The molecule has 5 rings (SSSR count). The minimum atomic E-state index is 0.0212. The normalized spacial score (nSPS) is 23.7. The minimum Gasteiger partial charge on any atom is -0.454 e. The summed E-state index contributed by atoms with van der Waals surface area (Å²) in [5, 5.41) is 10.2. The number of carbonyl (C=O) groups excluding carboxylic acids is 1. The Bertz CT molecular complexity index is 1090. The van der Waals surface area contributed by atoms with E-state index in [-0.39, 0.29) is 37.3 Å². The molecule has 6 heteroatoms. The molecule has 0 aromatic heterocycles. The van der Waals surface area contributed by atoms with Gasteiger partial charge < -0.3 is 19.5 Å². The summed E-state index contributed by atoms with van der Waals surface area (Å²) in [6.45, 7) is 4.78. The number of hydrogen-bond donors (Lipinski definition) is 1. The molecule has 6 nitrogen and oxygen atoms in total. The van der Waals surface area contributed by atoms with Gasteiger partial charge in [-0.3, -0.25) is 9.69 Å². The lowest BCUT2D eigenvalue weighted by Gasteiger charge is -2.57. The van der Waals surface area contributed by atoms with Crippen molar-refractivity contribution < 1.29 is 19.4 Å². The maximum Gasteiger partial charge on any atom is 0.254 e. The third kappa shape index (κ3) is 4.38. The van der Waals surface area contributed by atoms with Gasteiger partial charge in [-0.15, -0.1) is 0 Å². The number of amides is 1. The van der Waals surface area contributed by atoms with Gasteiger partial charge in [0.2, 0.25) is 6.79 Å². The van der Waals surface area contributed by atoms with Gasteiger partial charge >= 0.3 is 0 Å². The van der Waals surface area contributed by atoms with E-state index in [0.29, 0.717) is 23.6 Å². The second kappa shape index (κ2) is 10.1. The Balaban J connectivity index is 1.35. The Morgan fingerprint density at radius 1 is 1.09 bits per heavy atom. The number of unbranched alkanes of at least 4 members (excludes halogenated alkanes) is 1. The average molecular weight is 461 g/mol. The van der Waals surface area contributed by atoms with E-state index in [1.807, 2.05) is 17.0 Å². The summed E-state index contributed by atoms with van der Waals surface area (Å²) in [6.07, 6.45) is 3.93. The third-order valence-corrected chi connectivity index (χ3v) is 7.18. The molecule has 1 N–H and O–H groups in total. The molecule has 2 saturated heterocycles. The van der Waals surface area contributed by atoms with Gasteiger partial charge in [0, 0.05) is 48.6 Å². The molecule has 34 heavy (non-hydrogen) atoms. The van der Waals surface area contributed by atoms with E-state index >= 15 is 0 Å². The number of fused-ring (bicyclic) bond motifs is 2. The fourth-order valence-electron chi connectivity index (χ4n) is 5.42. The van der Waals surface area contributed by atoms with Crippen molar-refractivity contribution in [1.82, 2.24) is 9.80 Å². The molecule has 3 atom stereocenters. The molecule has 0 bridgehead atoms. The SMILES string of the molecule is CCCC#Cc1ccc([C@H]2[C@@H](CO)N3CCCCN(C(=O)c4ccc5c(c4)OCO5)C[C@H]23)cc1. The Kier molecular flexibility index (Phi) is 6.75. The maximum atomic E-state index is 13.5. The van der Waals surface area contributed by atoms with Crippen molar-refractivity contribution in [3.8, 4) is 23.3 Å². The molecule has 2 fully saturated rings. The fourth-order valence-corrected chi connectivity index (χ4v) is 5.42. The van der Waals surface area contributed by atoms with E-state index < -0.39 is 0 Å². The fraction of sp³-hybridized carbons (Fsp3) is 0.464. The first-order valence-electron chi connectivity index (χ1n) is 12.3. The molecule has 3 aliphatic heterocycles. The van der Waals surface area contributed by atoms with Crippen molar-refractivity contribution >= 4 is 5.91 Å². The monoisotopic (exact) mass is 460 g/mol. The summed E-state index contributed by atoms with van der Waals surface area (Å²) in [5.41, 5.74) is 2.85. The predicted molar refractivity (Wildman–Crippen MR) is 130 cm³/mol. The number of hydrogen-bond acceptors (Lipinski definition) is 5. The van der Waals surface area contributed by atoms with Crippen molar-refractivity contribution in [2.24, 2.45) is 0 Å². The zero-order chi connectivity index (χ0) is 23.5. The van der Waals surface area contributed by atoms with Crippen LogP contribution in [-0.4, -0.2) is 65.9 Å². The maximum absolute atomic E-state index is 13.5. The van der Waals surface area contributed by atoms with Crippen molar-refractivity contribution in [1.29, 1.82) is 0 Å². The first-order chi connectivity index (χ1) is 16.7. The molecule has 3 aliphatic rings. The summed E-state index contributed by atoms with van der Waals surface area (Å²) < 4.78 is 10.9. The Morgan fingerprint density at radius 3 is 2.68 bits per heavy atom. The number of aliphatic hydroxyl groups excluding tert-OH is 1. The lowest BCUT2D eigenvalue weighted by Crippen LogP contribution is -2.67. The van der Waals surface area contributed by atoms with Crippen molar-refractivity contribution in [2.75, 3.05) is 33.0 Å². The van der Waals surface area contributed by atoms with Crippen LogP contribution >= 0.6 is 0 Å². The summed E-state index contributed by atoms with van der Waals surface area (Å²) in [7, 11) is 0. The predicted octanol–water partition coefficient (Wildman–Crippen LogP) is 3.63. The number of benzene rings is 2. The highest BCUT2D eigenvalue weighted by atomic mass is 16.7. The van der Waals surface area contributed by atoms with Crippen molar-refractivity contribution in [3.05, 3.63) is 59.2 Å². The molecular weight excluding hydrogens is 428 g/mol. The lowest BCUT2D eigenvalue weighted by atomic mass is 9.74. The van der Waals surface area contributed by atoms with Gasteiger partial charge in [0.05, 0.1) is 6.61 Å². The number of carbonyl (C=O) groups is 1. The number of ether oxygens (including phenoxy) is 2. The highest BCUT2D eigenvalue weighted by Crippen LogP contribution is 2.42. The lowest BCUT2D eigenvalue weighted by molar-refractivity contribution is -0.0606. The molecule has 178 valence electrons. The van der Waals surface area contributed by atoms with Gasteiger partial charge in [0.25, 0.3) is 5.91 Å². The van der Waals surface area contributed by atoms with Gasteiger partial charge in [0.1, 0.15) is 0 Å². The summed E-state index contributed by atoms with van der Waals surface area (Å²) >= 11 is 0. The number of rotatable bonds is 4. The van der Waals surface area contributed by atoms with Crippen molar-refractivity contribution in [3.63, 3.8) is 0 Å². The van der Waals surface area contributed by atoms with Gasteiger partial charge in [0.15, 0.2) is 11.5 Å². The number of nitrogens with zero attached hydrogens (tertiary/aromatic N) is 2. The molecule has 2 aromatic rings. The van der Waals surface area contributed by atoms with Gasteiger partial charge in [-0.25, -0.2) is 0 Å². The zero-order valence-corrected chi connectivity index (χ0v) is 19.7. The van der Waals surface area contributed by atoms with E-state index in [2.05, 4.69) is 47.9 Å². The van der Waals surface area contributed by atoms with Crippen LogP contribution in [0.1, 0.15) is 60.0 Å². The molecule has 3 heterocycles. The molecule has 0 aliphatic carbocycles. The van der Waals surface area contributed by atoms with Crippen molar-refractivity contribution in [2.45, 2.75) is 50.6 Å². The topological polar surface area (TPSA) is 62.2 Å². The third-order valence-electron chi connectivity index (χ3n) is 7.18. The van der Waals surface area contributed by atoms with E-state index in [1.165, 1.54) is 5.56 Å². The van der Waals surface area contributed by atoms with Crippen LogP contribution in [0.2, 0.25) is 0 Å². The second-order valence-electron chi connectivity index (χ2n) is 9.28. The van der Waals surface area contributed by atoms with Crippen LogP contribution in [0, 0.1) is 11.8 Å². The van der Waals surface area contributed by atoms with Gasteiger partial charge in [-0.2, -0.15) is 0 Å². The summed E-state index contributed by atoms with van der Waals surface area (Å²) in [6, 6.07) is 14.1. The Morgan fingerprint density at radius 2 is 1.88 bits per heavy atom. The highest BCUT2D eigenvalue weighted by Gasteiger charge is 2.49. The molecule has 0 saturated carbocycles. The Labute approximate surface area is 201 Å². The van der Waals surface area contributed by atoms with Crippen LogP contribution in [0.4, 0.5) is 0 Å². The average Bonchev–Trinajstić information content (AvgIpc) is 3.32. The second-order valence-corrected chi connectivity index (χ2v) is 9.28. The van der Waals surface area contributed by atoms with E-state index in [0.717, 1.165) is 44.3 Å². The summed E-state index contributed by atoms with van der Waals surface area (Å²) in [4.78, 5) is 17.8. The van der Waals surface area contributed by atoms with E-state index in [9.17, 15) is 9.90 Å². The van der Waals surface area contributed by atoms with Crippen LogP contribution in [0.3, 0.4) is 0 Å². The first-order valence-corrected chi connectivity index (χ1v) is 12.3. The smallest absolute Gasteiger partial charge is 0.254 e. The first kappa shape index (κ1) is 22.8. The molecule has 2 aromatic carbocycles. The minimum absolute atomic E-state index is 0.0212.